The molecular formula is C24H37NO2. The first kappa shape index (κ1) is 23.1. The van der Waals surface area contributed by atoms with Crippen LogP contribution < -0.4 is 0 Å². The third-order valence-electron chi connectivity index (χ3n) is 4.49. The van der Waals surface area contributed by atoms with E-state index in [1.54, 1.807) is 24.5 Å². The molecule has 1 aromatic rings. The molecular weight excluding hydrogens is 334 g/mol. The van der Waals surface area contributed by atoms with Crippen LogP contribution in [0.3, 0.4) is 0 Å². The van der Waals surface area contributed by atoms with Crippen molar-refractivity contribution in [3.63, 3.8) is 0 Å². The minimum absolute atomic E-state index is 0.250. The fourth-order valence-electron chi connectivity index (χ4n) is 2.83. The van der Waals surface area contributed by atoms with E-state index in [-0.39, 0.29) is 5.97 Å². The molecule has 0 amide bonds. The number of aromatic nitrogens is 1. The van der Waals surface area contributed by atoms with Gasteiger partial charge in [-0.3, -0.25) is 4.98 Å². The standard InChI is InChI=1S/C24H37NO2/c1-2-3-4-5-6-7-8-9-10-11-12-13-14-15-16-17-22-27-24(26)23-18-20-25-21-19-23/h6-7,9-10,18-21H,2-5,8,11-17,22H2,1H3/b7-6-,10-9-. The summed E-state index contributed by atoms with van der Waals surface area (Å²) in [7, 11) is 0. The lowest BCUT2D eigenvalue weighted by Gasteiger charge is -2.04. The van der Waals surface area contributed by atoms with Crippen LogP contribution in [0, 0.1) is 0 Å². The predicted molar refractivity (Wildman–Crippen MR) is 114 cm³/mol. The molecule has 0 atom stereocenters. The van der Waals surface area contributed by atoms with Gasteiger partial charge < -0.3 is 4.74 Å². The second kappa shape index (κ2) is 17.5. The van der Waals surface area contributed by atoms with Crippen molar-refractivity contribution >= 4 is 5.97 Å². The Balaban J connectivity index is 1.84. The summed E-state index contributed by atoms with van der Waals surface area (Å²) in [4.78, 5) is 15.6. The highest BCUT2D eigenvalue weighted by Gasteiger charge is 2.05. The van der Waals surface area contributed by atoms with E-state index >= 15 is 0 Å². The van der Waals surface area contributed by atoms with E-state index in [2.05, 4.69) is 36.2 Å². The summed E-state index contributed by atoms with van der Waals surface area (Å²) in [6.45, 7) is 2.75. The number of unbranched alkanes of at least 4 members (excludes halogenated alkanes) is 9. The van der Waals surface area contributed by atoms with E-state index in [1.807, 2.05) is 0 Å². The average Bonchev–Trinajstić information content (AvgIpc) is 2.70. The number of allylic oxidation sites excluding steroid dienone is 4. The summed E-state index contributed by atoms with van der Waals surface area (Å²) in [5.41, 5.74) is 0.574. The van der Waals surface area contributed by atoms with Gasteiger partial charge in [0.05, 0.1) is 12.2 Å². The summed E-state index contributed by atoms with van der Waals surface area (Å²) in [6.07, 6.45) is 27.0. The first-order valence-corrected chi connectivity index (χ1v) is 10.7. The number of carbonyl (C=O) groups excluding carboxylic acids is 1. The smallest absolute Gasteiger partial charge is 0.338 e. The molecule has 1 aromatic heterocycles. The van der Waals surface area contributed by atoms with E-state index in [0.29, 0.717) is 12.2 Å². The van der Waals surface area contributed by atoms with Gasteiger partial charge in [-0.1, -0.05) is 69.8 Å². The highest BCUT2D eigenvalue weighted by molar-refractivity contribution is 5.89. The number of pyridine rings is 1. The zero-order valence-corrected chi connectivity index (χ0v) is 17.1. The molecule has 0 aliphatic carbocycles. The highest BCUT2D eigenvalue weighted by Crippen LogP contribution is 2.09. The van der Waals surface area contributed by atoms with E-state index in [9.17, 15) is 4.79 Å². The first-order valence-electron chi connectivity index (χ1n) is 10.7. The number of hydrogen-bond acceptors (Lipinski definition) is 3. The van der Waals surface area contributed by atoms with Crippen LogP contribution in [0.25, 0.3) is 0 Å². The number of esters is 1. The third kappa shape index (κ3) is 13.9. The number of hydrogen-bond donors (Lipinski definition) is 0. The minimum atomic E-state index is -0.250. The number of rotatable bonds is 16. The van der Waals surface area contributed by atoms with Gasteiger partial charge in [-0.2, -0.15) is 0 Å². The van der Waals surface area contributed by atoms with Crippen molar-refractivity contribution in [2.24, 2.45) is 0 Å². The van der Waals surface area contributed by atoms with Crippen LogP contribution in [0.4, 0.5) is 0 Å². The van der Waals surface area contributed by atoms with Crippen LogP contribution in [0.2, 0.25) is 0 Å². The second-order valence-electron chi connectivity index (χ2n) is 6.96. The van der Waals surface area contributed by atoms with Crippen LogP contribution in [0.5, 0.6) is 0 Å². The van der Waals surface area contributed by atoms with E-state index in [0.717, 1.165) is 19.3 Å². The SMILES string of the molecule is CCCCC/C=C\C/C=C\CCCCCCCCOC(=O)c1ccncc1. The fourth-order valence-corrected chi connectivity index (χ4v) is 2.83. The quantitative estimate of drug-likeness (QED) is 0.177. The van der Waals surface area contributed by atoms with Gasteiger partial charge in [-0.05, 0) is 50.7 Å². The predicted octanol–water partition coefficient (Wildman–Crippen LogP) is 7.05. The Morgan fingerprint density at radius 3 is 2.11 bits per heavy atom. The zero-order chi connectivity index (χ0) is 19.4. The maximum atomic E-state index is 11.7. The Morgan fingerprint density at radius 1 is 0.852 bits per heavy atom. The third-order valence-corrected chi connectivity index (χ3v) is 4.49. The van der Waals surface area contributed by atoms with Gasteiger partial charge >= 0.3 is 5.97 Å². The Labute approximate surface area is 165 Å². The van der Waals surface area contributed by atoms with Gasteiger partial charge in [-0.25, -0.2) is 4.79 Å². The molecule has 0 radical (unpaired) electrons. The lowest BCUT2D eigenvalue weighted by molar-refractivity contribution is 0.0497. The minimum Gasteiger partial charge on any atom is -0.462 e. The van der Waals surface area contributed by atoms with Crippen molar-refractivity contribution < 1.29 is 9.53 Å². The average molecular weight is 372 g/mol. The lowest BCUT2D eigenvalue weighted by Crippen LogP contribution is -2.06. The summed E-state index contributed by atoms with van der Waals surface area (Å²) in [5, 5.41) is 0. The molecule has 0 saturated carbocycles. The Bertz CT molecular complexity index is 522. The molecule has 0 fully saturated rings. The van der Waals surface area contributed by atoms with Crippen molar-refractivity contribution in [3.8, 4) is 0 Å². The van der Waals surface area contributed by atoms with Crippen LogP contribution >= 0.6 is 0 Å². The molecule has 0 bridgehead atoms. The molecule has 0 saturated heterocycles. The van der Waals surface area contributed by atoms with Crippen molar-refractivity contribution in [1.82, 2.24) is 4.98 Å². The molecule has 0 aliphatic heterocycles. The molecule has 0 aliphatic rings. The molecule has 3 nitrogen and oxygen atoms in total. The molecule has 1 heterocycles. The van der Waals surface area contributed by atoms with Gasteiger partial charge in [0, 0.05) is 12.4 Å². The summed E-state index contributed by atoms with van der Waals surface area (Å²) in [6, 6.07) is 3.36. The molecule has 0 spiro atoms. The molecule has 0 unspecified atom stereocenters. The number of nitrogens with zero attached hydrogens (tertiary/aromatic N) is 1. The summed E-state index contributed by atoms with van der Waals surface area (Å²) in [5.74, 6) is -0.250. The van der Waals surface area contributed by atoms with E-state index < -0.39 is 0 Å². The lowest BCUT2D eigenvalue weighted by atomic mass is 10.1. The van der Waals surface area contributed by atoms with Crippen LogP contribution in [-0.2, 0) is 4.74 Å². The Morgan fingerprint density at radius 2 is 1.44 bits per heavy atom. The fraction of sp³-hybridized carbons (Fsp3) is 0.583. The molecule has 3 heteroatoms. The van der Waals surface area contributed by atoms with Gasteiger partial charge in [0.2, 0.25) is 0 Å². The van der Waals surface area contributed by atoms with E-state index in [1.165, 1.54) is 57.8 Å². The normalized spacial score (nSPS) is 11.4. The van der Waals surface area contributed by atoms with Crippen LogP contribution in [0.1, 0.15) is 94.3 Å². The van der Waals surface area contributed by atoms with Crippen LogP contribution in [-0.4, -0.2) is 17.6 Å². The van der Waals surface area contributed by atoms with Gasteiger partial charge in [-0.15, -0.1) is 0 Å². The van der Waals surface area contributed by atoms with Crippen LogP contribution in [0.15, 0.2) is 48.8 Å². The number of ether oxygens (including phenoxy) is 1. The van der Waals surface area contributed by atoms with E-state index in [4.69, 9.17) is 4.74 Å². The molecule has 0 aromatic carbocycles. The van der Waals surface area contributed by atoms with Crippen molar-refractivity contribution in [1.29, 1.82) is 0 Å². The largest absolute Gasteiger partial charge is 0.462 e. The zero-order valence-electron chi connectivity index (χ0n) is 17.1. The second-order valence-corrected chi connectivity index (χ2v) is 6.96. The first-order chi connectivity index (χ1) is 13.3. The Hall–Kier alpha value is -1.90. The molecule has 1 rings (SSSR count). The van der Waals surface area contributed by atoms with Crippen molar-refractivity contribution in [2.45, 2.75) is 84.0 Å². The van der Waals surface area contributed by atoms with Gasteiger partial charge in [0.1, 0.15) is 0 Å². The van der Waals surface area contributed by atoms with Gasteiger partial charge in [0.25, 0.3) is 0 Å². The maximum absolute atomic E-state index is 11.7. The highest BCUT2D eigenvalue weighted by atomic mass is 16.5. The van der Waals surface area contributed by atoms with Gasteiger partial charge in [0.15, 0.2) is 0 Å². The molecule has 27 heavy (non-hydrogen) atoms. The van der Waals surface area contributed by atoms with Crippen molar-refractivity contribution in [3.05, 3.63) is 54.4 Å². The Kier molecular flexibility index (Phi) is 15.0. The topological polar surface area (TPSA) is 39.2 Å². The monoisotopic (exact) mass is 371 g/mol. The number of carbonyl (C=O) groups is 1. The maximum Gasteiger partial charge on any atom is 0.338 e. The van der Waals surface area contributed by atoms with Crippen molar-refractivity contribution in [2.75, 3.05) is 6.61 Å². The molecule has 150 valence electrons. The summed E-state index contributed by atoms with van der Waals surface area (Å²) >= 11 is 0. The molecule has 0 N–H and O–H groups in total. The summed E-state index contributed by atoms with van der Waals surface area (Å²) < 4.78 is 5.27.